The molecule has 0 amide bonds. The quantitative estimate of drug-likeness (QED) is 0.445. The van der Waals surface area contributed by atoms with Crippen LogP contribution < -0.4 is 14.4 Å². The Morgan fingerprint density at radius 1 is 0.968 bits per heavy atom. The molecule has 8 heteroatoms. The molecule has 4 aromatic rings. The molecule has 0 radical (unpaired) electrons. The number of aromatic nitrogens is 3. The highest BCUT2D eigenvalue weighted by Gasteiger charge is 2.25. The van der Waals surface area contributed by atoms with Gasteiger partial charge in [-0.2, -0.15) is 0 Å². The number of fused-ring (bicyclic) bond motifs is 3. The molecule has 0 fully saturated rings. The number of nitrogens with zero attached hydrogens (tertiary/aromatic N) is 4. The van der Waals surface area contributed by atoms with Gasteiger partial charge in [-0.3, -0.25) is 0 Å². The summed E-state index contributed by atoms with van der Waals surface area (Å²) < 4.78 is 25.1. The van der Waals surface area contributed by atoms with Gasteiger partial charge in [0.1, 0.15) is 31.2 Å². The van der Waals surface area contributed by atoms with Crippen LogP contribution in [0.15, 0.2) is 48.9 Å². The Morgan fingerprint density at radius 3 is 2.81 bits per heavy atom. The Balaban J connectivity index is 1.47. The molecule has 0 spiro atoms. The van der Waals surface area contributed by atoms with Gasteiger partial charge < -0.3 is 14.4 Å². The zero-order valence-corrected chi connectivity index (χ0v) is 17.1. The molecule has 2 aromatic heterocycles. The van der Waals surface area contributed by atoms with E-state index in [4.69, 9.17) is 21.1 Å². The molecule has 0 unspecified atom stereocenters. The van der Waals surface area contributed by atoms with Crippen molar-refractivity contribution >= 4 is 34.0 Å². The van der Waals surface area contributed by atoms with Crippen molar-refractivity contribution in [3.05, 3.63) is 65.3 Å². The lowest BCUT2D eigenvalue weighted by molar-refractivity contribution is 0.164. The molecular formula is C23H16ClFN4O2. The second kappa shape index (κ2) is 7.06. The maximum absolute atomic E-state index is 13.9. The van der Waals surface area contributed by atoms with Crippen LogP contribution in [0.4, 0.5) is 15.9 Å². The lowest BCUT2D eigenvalue weighted by Crippen LogP contribution is -2.16. The fourth-order valence-electron chi connectivity index (χ4n) is 4.13. The summed E-state index contributed by atoms with van der Waals surface area (Å²) in [7, 11) is 0. The van der Waals surface area contributed by atoms with E-state index < -0.39 is 5.82 Å². The molecule has 2 aliphatic heterocycles. The summed E-state index contributed by atoms with van der Waals surface area (Å²) in [5.74, 6) is 1.51. The molecule has 154 valence electrons. The van der Waals surface area contributed by atoms with Gasteiger partial charge in [0.2, 0.25) is 0 Å². The van der Waals surface area contributed by atoms with Crippen LogP contribution in [0.2, 0.25) is 5.02 Å². The standard InChI is InChI=1S/C23H16ClFN4O2/c24-17-10-20-14(8-18(17)25)3-4-29(20)22-16-7-13(1-2-19(16)27-12-28-22)15-9-21-23(26-11-15)31-6-5-30-21/h1-2,7-12H,3-6H2. The van der Waals surface area contributed by atoms with Crippen LogP contribution in [0, 0.1) is 5.82 Å². The minimum Gasteiger partial charge on any atom is -0.484 e. The molecule has 6 nitrogen and oxygen atoms in total. The van der Waals surface area contributed by atoms with Crippen LogP contribution in [0.5, 0.6) is 11.6 Å². The highest BCUT2D eigenvalue weighted by molar-refractivity contribution is 6.31. The first kappa shape index (κ1) is 18.3. The smallest absolute Gasteiger partial charge is 0.257 e. The van der Waals surface area contributed by atoms with E-state index in [1.807, 2.05) is 24.3 Å². The number of rotatable bonds is 2. The average Bonchev–Trinajstić information content (AvgIpc) is 3.20. The molecule has 2 aromatic carbocycles. The van der Waals surface area contributed by atoms with Gasteiger partial charge >= 0.3 is 0 Å². The van der Waals surface area contributed by atoms with Gasteiger partial charge in [0.25, 0.3) is 5.88 Å². The van der Waals surface area contributed by atoms with E-state index in [0.29, 0.717) is 31.4 Å². The minimum absolute atomic E-state index is 0.104. The van der Waals surface area contributed by atoms with E-state index in [2.05, 4.69) is 19.9 Å². The molecule has 6 rings (SSSR count). The molecule has 0 saturated heterocycles. The third kappa shape index (κ3) is 3.04. The minimum atomic E-state index is -0.400. The second-order valence-corrected chi connectivity index (χ2v) is 7.86. The fourth-order valence-corrected chi connectivity index (χ4v) is 4.29. The summed E-state index contributed by atoms with van der Waals surface area (Å²) in [4.78, 5) is 15.4. The van der Waals surface area contributed by atoms with Crippen LogP contribution >= 0.6 is 11.6 Å². The molecule has 31 heavy (non-hydrogen) atoms. The van der Waals surface area contributed by atoms with Crippen LogP contribution in [-0.4, -0.2) is 34.7 Å². The molecule has 4 heterocycles. The average molecular weight is 435 g/mol. The van der Waals surface area contributed by atoms with Crippen molar-refractivity contribution in [1.29, 1.82) is 0 Å². The van der Waals surface area contributed by atoms with E-state index in [1.165, 1.54) is 6.07 Å². The lowest BCUT2D eigenvalue weighted by Gasteiger charge is -2.21. The molecule has 0 saturated carbocycles. The molecule has 0 N–H and O–H groups in total. The summed E-state index contributed by atoms with van der Waals surface area (Å²) in [6.45, 7) is 1.70. The van der Waals surface area contributed by atoms with Gasteiger partial charge in [-0.05, 0) is 47.9 Å². The number of halogens is 2. The number of pyridine rings is 1. The molecule has 0 bridgehead atoms. The van der Waals surface area contributed by atoms with Gasteiger partial charge in [-0.15, -0.1) is 0 Å². The SMILES string of the molecule is Fc1cc2c(cc1Cl)N(c1ncnc3ccc(-c4cnc5c(c4)OCCO5)cc13)CC2. The zero-order valence-electron chi connectivity index (χ0n) is 16.3. The van der Waals surface area contributed by atoms with Crippen LogP contribution in [-0.2, 0) is 6.42 Å². The van der Waals surface area contributed by atoms with Gasteiger partial charge in [0.15, 0.2) is 5.75 Å². The number of ether oxygens (including phenoxy) is 2. The Morgan fingerprint density at radius 2 is 1.87 bits per heavy atom. The zero-order chi connectivity index (χ0) is 20.9. The summed E-state index contributed by atoms with van der Waals surface area (Å²) >= 11 is 6.06. The Hall–Kier alpha value is -3.45. The summed E-state index contributed by atoms with van der Waals surface area (Å²) in [6.07, 6.45) is 4.04. The van der Waals surface area contributed by atoms with E-state index in [1.54, 1.807) is 18.6 Å². The number of anilines is 2. The highest BCUT2D eigenvalue weighted by atomic mass is 35.5. The van der Waals surface area contributed by atoms with Crippen LogP contribution in [0.25, 0.3) is 22.0 Å². The summed E-state index contributed by atoms with van der Waals surface area (Å²) in [5, 5.41) is 0.996. The number of benzene rings is 2. The monoisotopic (exact) mass is 434 g/mol. The molecule has 0 aliphatic carbocycles. The maximum Gasteiger partial charge on any atom is 0.257 e. The van der Waals surface area contributed by atoms with Crippen molar-refractivity contribution in [3.63, 3.8) is 0 Å². The van der Waals surface area contributed by atoms with Crippen molar-refractivity contribution in [2.75, 3.05) is 24.7 Å². The van der Waals surface area contributed by atoms with Gasteiger partial charge in [-0.25, -0.2) is 19.3 Å². The maximum atomic E-state index is 13.9. The third-order valence-electron chi connectivity index (χ3n) is 5.62. The Labute approximate surface area is 182 Å². The van der Waals surface area contributed by atoms with Gasteiger partial charge in [-0.1, -0.05) is 17.7 Å². The van der Waals surface area contributed by atoms with Crippen molar-refractivity contribution in [2.45, 2.75) is 6.42 Å². The van der Waals surface area contributed by atoms with Crippen molar-refractivity contribution in [2.24, 2.45) is 0 Å². The van der Waals surface area contributed by atoms with Crippen molar-refractivity contribution in [3.8, 4) is 22.8 Å². The summed E-state index contributed by atoms with van der Waals surface area (Å²) in [5.41, 5.74) is 4.48. The first-order chi connectivity index (χ1) is 15.2. The van der Waals surface area contributed by atoms with E-state index in [-0.39, 0.29) is 5.02 Å². The van der Waals surface area contributed by atoms with E-state index in [9.17, 15) is 4.39 Å². The molecule has 0 atom stereocenters. The number of hydrogen-bond acceptors (Lipinski definition) is 6. The van der Waals surface area contributed by atoms with E-state index in [0.717, 1.165) is 45.5 Å². The second-order valence-electron chi connectivity index (χ2n) is 7.45. The van der Waals surface area contributed by atoms with Gasteiger partial charge in [0, 0.05) is 29.4 Å². The molecular weight excluding hydrogens is 419 g/mol. The number of hydrogen-bond donors (Lipinski definition) is 0. The Bertz CT molecular complexity index is 1350. The Kier molecular flexibility index (Phi) is 4.17. The first-order valence-electron chi connectivity index (χ1n) is 9.93. The summed E-state index contributed by atoms with van der Waals surface area (Å²) in [6, 6.07) is 11.1. The largest absolute Gasteiger partial charge is 0.484 e. The normalized spacial score (nSPS) is 14.7. The van der Waals surface area contributed by atoms with Crippen molar-refractivity contribution in [1.82, 2.24) is 15.0 Å². The highest BCUT2D eigenvalue weighted by Crippen LogP contribution is 2.40. The van der Waals surface area contributed by atoms with Crippen LogP contribution in [0.3, 0.4) is 0 Å². The topological polar surface area (TPSA) is 60.4 Å². The first-order valence-corrected chi connectivity index (χ1v) is 10.3. The van der Waals surface area contributed by atoms with Gasteiger partial charge in [0.05, 0.1) is 10.5 Å². The third-order valence-corrected chi connectivity index (χ3v) is 5.91. The molecule has 2 aliphatic rings. The predicted molar refractivity (Wildman–Crippen MR) is 116 cm³/mol. The van der Waals surface area contributed by atoms with Crippen LogP contribution in [0.1, 0.15) is 5.56 Å². The van der Waals surface area contributed by atoms with E-state index >= 15 is 0 Å². The van der Waals surface area contributed by atoms with Crippen molar-refractivity contribution < 1.29 is 13.9 Å². The predicted octanol–water partition coefficient (Wildman–Crippen LogP) is 4.95. The lowest BCUT2D eigenvalue weighted by atomic mass is 10.0. The fraction of sp³-hybridized carbons (Fsp3) is 0.174.